The zero-order valence-corrected chi connectivity index (χ0v) is 19.1. The normalized spacial score (nSPS) is 11.6. The summed E-state index contributed by atoms with van der Waals surface area (Å²) in [6.45, 7) is 10.7. The van der Waals surface area contributed by atoms with Crippen LogP contribution in [0.15, 0.2) is 46.9 Å². The Hall–Kier alpha value is -2.80. The summed E-state index contributed by atoms with van der Waals surface area (Å²) in [7, 11) is 3.53. The van der Waals surface area contributed by atoms with E-state index < -0.39 is 0 Å². The number of amidine groups is 1. The number of aliphatic imine (C=N–C) groups is 1. The SMILES string of the molecule is C=C(S)N(C(=NC)c1cc(C(C)C)c(O)cc1O)c1ccc(O)c(N(C)CCC)c1. The molecule has 0 saturated heterocycles. The highest BCUT2D eigenvalue weighted by Crippen LogP contribution is 2.37. The van der Waals surface area contributed by atoms with Gasteiger partial charge in [-0.1, -0.05) is 27.4 Å². The van der Waals surface area contributed by atoms with Gasteiger partial charge >= 0.3 is 0 Å². The molecule has 7 heteroatoms. The Morgan fingerprint density at radius 2 is 1.77 bits per heavy atom. The minimum atomic E-state index is -0.0980. The Morgan fingerprint density at radius 1 is 1.10 bits per heavy atom. The molecule has 0 atom stereocenters. The summed E-state index contributed by atoms with van der Waals surface area (Å²) in [5.74, 6) is 0.580. The van der Waals surface area contributed by atoms with Crippen LogP contribution in [0.25, 0.3) is 0 Å². The molecule has 3 N–H and O–H groups in total. The van der Waals surface area contributed by atoms with E-state index in [1.165, 1.54) is 6.07 Å². The van der Waals surface area contributed by atoms with Crippen LogP contribution in [0.2, 0.25) is 0 Å². The fourth-order valence-electron chi connectivity index (χ4n) is 3.38. The van der Waals surface area contributed by atoms with E-state index in [1.54, 1.807) is 30.1 Å². The number of anilines is 2. The molecular weight excluding hydrogens is 398 g/mol. The molecule has 30 heavy (non-hydrogen) atoms. The minimum absolute atomic E-state index is 0.0334. The van der Waals surface area contributed by atoms with Gasteiger partial charge in [-0.15, -0.1) is 12.6 Å². The lowest BCUT2D eigenvalue weighted by Gasteiger charge is -2.28. The maximum atomic E-state index is 10.6. The van der Waals surface area contributed by atoms with E-state index >= 15 is 0 Å². The van der Waals surface area contributed by atoms with E-state index in [0.29, 0.717) is 33.4 Å². The van der Waals surface area contributed by atoms with E-state index in [0.717, 1.165) is 13.0 Å². The fourth-order valence-corrected chi connectivity index (χ4v) is 3.59. The van der Waals surface area contributed by atoms with Crippen LogP contribution in [-0.2, 0) is 0 Å². The Kier molecular flexibility index (Phi) is 7.67. The summed E-state index contributed by atoms with van der Waals surface area (Å²) in [6.07, 6.45) is 0.935. The molecule has 0 unspecified atom stereocenters. The first-order valence-electron chi connectivity index (χ1n) is 9.87. The van der Waals surface area contributed by atoms with Crippen molar-refractivity contribution >= 4 is 29.8 Å². The molecule has 0 amide bonds. The van der Waals surface area contributed by atoms with Crippen LogP contribution in [-0.4, -0.2) is 41.8 Å². The zero-order valence-electron chi connectivity index (χ0n) is 18.2. The maximum Gasteiger partial charge on any atom is 0.143 e. The van der Waals surface area contributed by atoms with Crippen molar-refractivity contribution in [2.24, 2.45) is 4.99 Å². The summed E-state index contributed by atoms with van der Waals surface area (Å²) in [5.41, 5.74) is 2.50. The second-order valence-electron chi connectivity index (χ2n) is 7.48. The topological polar surface area (TPSA) is 79.5 Å². The number of hydrogen-bond donors (Lipinski definition) is 4. The number of aromatic hydroxyl groups is 3. The van der Waals surface area contributed by atoms with Gasteiger partial charge in [0, 0.05) is 26.7 Å². The molecule has 6 nitrogen and oxygen atoms in total. The fraction of sp³-hybridized carbons (Fsp3) is 0.348. The van der Waals surface area contributed by atoms with Crippen LogP contribution < -0.4 is 9.80 Å². The van der Waals surface area contributed by atoms with Crippen LogP contribution in [0, 0.1) is 0 Å². The van der Waals surface area contributed by atoms with Crippen LogP contribution in [0.3, 0.4) is 0 Å². The largest absolute Gasteiger partial charge is 0.508 e. The average molecular weight is 430 g/mol. The van der Waals surface area contributed by atoms with Gasteiger partial charge in [0.05, 0.1) is 22.0 Å². The lowest BCUT2D eigenvalue weighted by atomic mass is 9.98. The Bertz CT molecular complexity index is 957. The van der Waals surface area contributed by atoms with Crippen molar-refractivity contribution in [3.63, 3.8) is 0 Å². The van der Waals surface area contributed by atoms with Crippen molar-refractivity contribution in [2.75, 3.05) is 30.4 Å². The van der Waals surface area contributed by atoms with E-state index in [9.17, 15) is 15.3 Å². The van der Waals surface area contributed by atoms with E-state index in [1.807, 2.05) is 31.9 Å². The molecule has 0 fully saturated rings. The van der Waals surface area contributed by atoms with Crippen molar-refractivity contribution in [1.82, 2.24) is 0 Å². The molecule has 0 bridgehead atoms. The summed E-state index contributed by atoms with van der Waals surface area (Å²) in [5, 5.41) is 31.5. The van der Waals surface area contributed by atoms with E-state index in [2.05, 4.69) is 31.1 Å². The number of phenolic OH excluding ortho intramolecular Hbond substituents is 3. The first kappa shape index (κ1) is 23.5. The third kappa shape index (κ3) is 4.84. The van der Waals surface area contributed by atoms with Crippen molar-refractivity contribution in [3.05, 3.63) is 53.1 Å². The van der Waals surface area contributed by atoms with Crippen LogP contribution in [0.5, 0.6) is 17.2 Å². The minimum Gasteiger partial charge on any atom is -0.508 e. The van der Waals surface area contributed by atoms with Gasteiger partial charge in [0.2, 0.25) is 0 Å². The molecule has 0 heterocycles. The van der Waals surface area contributed by atoms with Crippen molar-refractivity contribution < 1.29 is 15.3 Å². The number of thiol groups is 1. The lowest BCUT2D eigenvalue weighted by molar-refractivity contribution is 0.443. The highest BCUT2D eigenvalue weighted by atomic mass is 32.1. The molecule has 2 aromatic rings. The second-order valence-corrected chi connectivity index (χ2v) is 7.99. The third-order valence-electron chi connectivity index (χ3n) is 4.88. The Labute approximate surface area is 184 Å². The van der Waals surface area contributed by atoms with E-state index in [-0.39, 0.29) is 23.2 Å². The van der Waals surface area contributed by atoms with Crippen LogP contribution in [0.4, 0.5) is 11.4 Å². The van der Waals surface area contributed by atoms with Gasteiger partial charge in [-0.05, 0) is 42.2 Å². The van der Waals surface area contributed by atoms with Gasteiger partial charge in [0.25, 0.3) is 0 Å². The van der Waals surface area contributed by atoms with Gasteiger partial charge in [-0.3, -0.25) is 9.89 Å². The highest BCUT2D eigenvalue weighted by molar-refractivity contribution is 7.84. The van der Waals surface area contributed by atoms with Crippen molar-refractivity contribution in [2.45, 2.75) is 33.1 Å². The molecule has 0 aliphatic rings. The summed E-state index contributed by atoms with van der Waals surface area (Å²) in [6, 6.07) is 8.24. The number of phenols is 3. The highest BCUT2D eigenvalue weighted by Gasteiger charge is 2.23. The molecule has 0 saturated carbocycles. The smallest absolute Gasteiger partial charge is 0.143 e. The number of hydrogen-bond acceptors (Lipinski definition) is 6. The lowest BCUT2D eigenvalue weighted by Crippen LogP contribution is -2.29. The molecule has 0 aromatic heterocycles. The second kappa shape index (κ2) is 9.80. The van der Waals surface area contributed by atoms with Crippen LogP contribution in [0.1, 0.15) is 44.2 Å². The van der Waals surface area contributed by atoms with Gasteiger partial charge in [0.15, 0.2) is 0 Å². The maximum absolute atomic E-state index is 10.6. The predicted molar refractivity (Wildman–Crippen MR) is 129 cm³/mol. The predicted octanol–water partition coefficient (Wildman–Crippen LogP) is 5.06. The molecular formula is C23H31N3O3S. The van der Waals surface area contributed by atoms with Gasteiger partial charge in [0.1, 0.15) is 23.1 Å². The zero-order chi connectivity index (χ0) is 22.6. The van der Waals surface area contributed by atoms with Crippen molar-refractivity contribution in [1.29, 1.82) is 0 Å². The molecule has 162 valence electrons. The molecule has 0 radical (unpaired) electrons. The third-order valence-corrected chi connectivity index (χ3v) is 5.08. The van der Waals surface area contributed by atoms with E-state index in [4.69, 9.17) is 0 Å². The van der Waals surface area contributed by atoms with Gasteiger partial charge in [-0.25, -0.2) is 0 Å². The molecule has 0 spiro atoms. The number of benzene rings is 2. The summed E-state index contributed by atoms with van der Waals surface area (Å²) in [4.78, 5) is 8.06. The molecule has 0 aliphatic carbocycles. The number of nitrogens with zero attached hydrogens (tertiary/aromatic N) is 3. The summed E-state index contributed by atoms with van der Waals surface area (Å²) >= 11 is 4.47. The quantitative estimate of drug-likeness (QED) is 0.281. The standard InChI is InChI=1S/C23H31N3O3S/c1-7-10-25(6)19-11-16(8-9-20(19)27)26(15(4)30)23(24-5)18-12-17(14(2)3)21(28)13-22(18)29/h8-9,11-14,27-30H,4,7,10H2,1-3,5-6H3. The number of rotatable bonds is 7. The first-order chi connectivity index (χ1) is 14.1. The Balaban J connectivity index is 2.64. The Morgan fingerprint density at radius 3 is 2.30 bits per heavy atom. The molecule has 2 aromatic carbocycles. The molecule has 2 rings (SSSR count). The molecule has 0 aliphatic heterocycles. The van der Waals surface area contributed by atoms with Crippen molar-refractivity contribution in [3.8, 4) is 17.2 Å². The van der Waals surface area contributed by atoms with Gasteiger partial charge < -0.3 is 20.2 Å². The van der Waals surface area contributed by atoms with Gasteiger partial charge in [-0.2, -0.15) is 0 Å². The van der Waals surface area contributed by atoms with Crippen LogP contribution >= 0.6 is 12.6 Å². The monoisotopic (exact) mass is 429 g/mol. The summed E-state index contributed by atoms with van der Waals surface area (Å²) < 4.78 is 0. The first-order valence-corrected chi connectivity index (χ1v) is 10.3. The average Bonchev–Trinajstić information content (AvgIpc) is 2.67.